The lowest BCUT2D eigenvalue weighted by Gasteiger charge is -2.34. The summed E-state index contributed by atoms with van der Waals surface area (Å²) in [5, 5.41) is 11.8. The van der Waals surface area contributed by atoms with Crippen LogP contribution < -0.4 is 5.56 Å². The quantitative estimate of drug-likeness (QED) is 0.466. The van der Waals surface area contributed by atoms with E-state index in [9.17, 15) is 19.7 Å². The Bertz CT molecular complexity index is 1310. The second-order valence-corrected chi connectivity index (χ2v) is 9.81. The van der Waals surface area contributed by atoms with E-state index in [0.29, 0.717) is 49.7 Å². The van der Waals surface area contributed by atoms with Crippen molar-refractivity contribution in [1.82, 2.24) is 19.8 Å². The zero-order chi connectivity index (χ0) is 23.1. The third-order valence-corrected chi connectivity index (χ3v) is 7.73. The molecule has 0 unspecified atom stereocenters. The van der Waals surface area contributed by atoms with Crippen LogP contribution in [0.5, 0.6) is 0 Å². The van der Waals surface area contributed by atoms with E-state index in [0.717, 1.165) is 29.5 Å². The molecular weight excluding hydrogens is 442 g/mol. The fourth-order valence-electron chi connectivity index (χ4n) is 4.78. The van der Waals surface area contributed by atoms with Crippen molar-refractivity contribution in [3.63, 3.8) is 0 Å². The molecule has 0 atom stereocenters. The summed E-state index contributed by atoms with van der Waals surface area (Å²) >= 11 is 1.65. The Morgan fingerprint density at radius 2 is 1.97 bits per heavy atom. The summed E-state index contributed by atoms with van der Waals surface area (Å²) in [7, 11) is 0. The van der Waals surface area contributed by atoms with Gasteiger partial charge in [-0.1, -0.05) is 0 Å². The van der Waals surface area contributed by atoms with Crippen LogP contribution in [0, 0.1) is 17.0 Å². The number of piperazine rings is 1. The number of benzene rings is 1. The third kappa shape index (κ3) is 4.16. The minimum Gasteiger partial charge on any atom is -0.336 e. The first-order valence-corrected chi connectivity index (χ1v) is 12.0. The van der Waals surface area contributed by atoms with E-state index in [1.807, 2.05) is 0 Å². The van der Waals surface area contributed by atoms with Gasteiger partial charge in [0.15, 0.2) is 0 Å². The van der Waals surface area contributed by atoms with E-state index < -0.39 is 4.92 Å². The average Bonchev–Trinajstić information content (AvgIpc) is 3.17. The first kappa shape index (κ1) is 21.7. The smallest absolute Gasteiger partial charge is 0.272 e. The van der Waals surface area contributed by atoms with Crippen molar-refractivity contribution < 1.29 is 9.72 Å². The number of hydrogen-bond donors (Lipinski definition) is 1. The molecule has 10 heteroatoms. The summed E-state index contributed by atoms with van der Waals surface area (Å²) < 4.78 is 0. The molecule has 2 aliphatic rings. The molecule has 3 heterocycles. The molecule has 3 aromatic rings. The SMILES string of the molecule is Cc1cc(C(=O)N2CCN(Cc3nc4sc5c(c4c(=O)[nH]3)CCCC5)CC2)ccc1[N+](=O)[O-]. The van der Waals surface area contributed by atoms with Crippen LogP contribution >= 0.6 is 11.3 Å². The van der Waals surface area contributed by atoms with E-state index >= 15 is 0 Å². The number of aryl methyl sites for hydroxylation is 3. The number of hydrogen-bond acceptors (Lipinski definition) is 7. The maximum absolute atomic E-state index is 12.9. The van der Waals surface area contributed by atoms with Gasteiger partial charge in [0.2, 0.25) is 0 Å². The van der Waals surface area contributed by atoms with Gasteiger partial charge >= 0.3 is 0 Å². The third-order valence-electron chi connectivity index (χ3n) is 6.55. The molecule has 1 aromatic carbocycles. The number of carbonyl (C=O) groups is 1. The highest BCUT2D eigenvalue weighted by atomic mass is 32.1. The molecule has 1 amide bonds. The van der Waals surface area contributed by atoms with E-state index in [4.69, 9.17) is 4.98 Å². The molecule has 1 fully saturated rings. The molecule has 1 saturated heterocycles. The number of thiophene rings is 1. The number of H-pyrrole nitrogens is 1. The van der Waals surface area contributed by atoms with Gasteiger partial charge in [0.05, 0.1) is 16.9 Å². The first-order valence-electron chi connectivity index (χ1n) is 11.2. The van der Waals surface area contributed by atoms with Crippen molar-refractivity contribution in [2.24, 2.45) is 0 Å². The lowest BCUT2D eigenvalue weighted by atomic mass is 9.97. The monoisotopic (exact) mass is 467 g/mol. The van der Waals surface area contributed by atoms with Gasteiger partial charge < -0.3 is 9.88 Å². The lowest BCUT2D eigenvalue weighted by Crippen LogP contribution is -2.48. The van der Waals surface area contributed by atoms with Crippen molar-refractivity contribution in [3.05, 3.63) is 66.1 Å². The Hall–Kier alpha value is -3.11. The standard InChI is InChI=1S/C23H25N5O4S/c1-14-12-15(6-7-17(14)28(31)32)23(30)27-10-8-26(9-11-27)13-19-24-21(29)20-16-4-2-3-5-18(16)33-22(20)25-19/h6-7,12H,2-5,8-11,13H2,1H3,(H,24,25,29). The number of nitrogens with one attached hydrogen (secondary N) is 1. The van der Waals surface area contributed by atoms with Gasteiger partial charge in [-0.3, -0.25) is 24.6 Å². The lowest BCUT2D eigenvalue weighted by molar-refractivity contribution is -0.385. The Morgan fingerprint density at radius 1 is 1.21 bits per heavy atom. The largest absolute Gasteiger partial charge is 0.336 e. The van der Waals surface area contributed by atoms with Crippen LogP contribution in [0.15, 0.2) is 23.0 Å². The van der Waals surface area contributed by atoms with Crippen molar-refractivity contribution >= 4 is 33.1 Å². The van der Waals surface area contributed by atoms with Crippen molar-refractivity contribution in [3.8, 4) is 0 Å². The zero-order valence-corrected chi connectivity index (χ0v) is 19.2. The highest BCUT2D eigenvalue weighted by Gasteiger charge is 2.25. The van der Waals surface area contributed by atoms with Gasteiger partial charge in [-0.05, 0) is 50.3 Å². The van der Waals surface area contributed by atoms with Crippen molar-refractivity contribution in [2.45, 2.75) is 39.2 Å². The Morgan fingerprint density at radius 3 is 2.70 bits per heavy atom. The number of nitrogens with zero attached hydrogens (tertiary/aromatic N) is 4. The average molecular weight is 468 g/mol. The molecule has 1 aliphatic carbocycles. The summed E-state index contributed by atoms with van der Waals surface area (Å²) in [5.74, 6) is 0.543. The van der Waals surface area contributed by atoms with Crippen LogP contribution in [0.3, 0.4) is 0 Å². The number of carbonyl (C=O) groups excluding carboxylic acids is 1. The molecule has 0 spiro atoms. The van der Waals surface area contributed by atoms with Crippen molar-refractivity contribution in [2.75, 3.05) is 26.2 Å². The summed E-state index contributed by atoms with van der Waals surface area (Å²) in [6.45, 7) is 4.61. The van der Waals surface area contributed by atoms with Crippen LogP contribution in [0.4, 0.5) is 5.69 Å². The van der Waals surface area contributed by atoms with Crippen molar-refractivity contribution in [1.29, 1.82) is 0 Å². The molecule has 0 bridgehead atoms. The predicted molar refractivity (Wildman–Crippen MR) is 126 cm³/mol. The fraction of sp³-hybridized carbons (Fsp3) is 0.435. The maximum atomic E-state index is 12.9. The van der Waals surface area contributed by atoms with Gasteiger partial charge in [-0.15, -0.1) is 11.3 Å². The molecule has 0 saturated carbocycles. The number of aromatic nitrogens is 2. The molecule has 33 heavy (non-hydrogen) atoms. The molecule has 5 rings (SSSR count). The number of rotatable bonds is 4. The van der Waals surface area contributed by atoms with Gasteiger partial charge in [-0.25, -0.2) is 4.98 Å². The first-order chi connectivity index (χ1) is 15.9. The summed E-state index contributed by atoms with van der Waals surface area (Å²) in [5.41, 5.74) is 2.10. The number of aromatic amines is 1. The summed E-state index contributed by atoms with van der Waals surface area (Å²) in [6, 6.07) is 4.49. The molecule has 2 aromatic heterocycles. The highest BCUT2D eigenvalue weighted by Crippen LogP contribution is 2.33. The summed E-state index contributed by atoms with van der Waals surface area (Å²) in [4.78, 5) is 50.0. The van der Waals surface area contributed by atoms with E-state index in [1.54, 1.807) is 29.2 Å². The molecule has 172 valence electrons. The molecule has 0 radical (unpaired) electrons. The second-order valence-electron chi connectivity index (χ2n) is 8.73. The predicted octanol–water partition coefficient (Wildman–Crippen LogP) is 3.04. The topological polar surface area (TPSA) is 112 Å². The zero-order valence-electron chi connectivity index (χ0n) is 18.4. The Balaban J connectivity index is 1.25. The number of nitro groups is 1. The van der Waals surface area contributed by atoms with E-state index in [-0.39, 0.29) is 17.2 Å². The Kier molecular flexibility index (Phi) is 5.71. The highest BCUT2D eigenvalue weighted by molar-refractivity contribution is 7.18. The molecular formula is C23H25N5O4S. The fourth-order valence-corrected chi connectivity index (χ4v) is 6.06. The van der Waals surface area contributed by atoms with Crippen LogP contribution in [0.1, 0.15) is 45.0 Å². The van der Waals surface area contributed by atoms with Crippen LogP contribution in [-0.4, -0.2) is 56.8 Å². The maximum Gasteiger partial charge on any atom is 0.272 e. The van der Waals surface area contributed by atoms with Gasteiger partial charge in [0.1, 0.15) is 10.7 Å². The minimum absolute atomic E-state index is 0.0152. The number of fused-ring (bicyclic) bond motifs is 3. The van der Waals surface area contributed by atoms with Crippen LogP contribution in [0.25, 0.3) is 10.2 Å². The molecule has 1 aliphatic heterocycles. The molecule has 1 N–H and O–H groups in total. The number of amides is 1. The Labute approximate surface area is 194 Å². The van der Waals surface area contributed by atoms with E-state index in [2.05, 4.69) is 9.88 Å². The summed E-state index contributed by atoms with van der Waals surface area (Å²) in [6.07, 6.45) is 4.30. The molecule has 9 nitrogen and oxygen atoms in total. The number of nitro benzene ring substituents is 1. The van der Waals surface area contributed by atoms with Gasteiger partial charge in [-0.2, -0.15) is 0 Å². The van der Waals surface area contributed by atoms with Gasteiger partial charge in [0, 0.05) is 48.2 Å². The second kappa shape index (κ2) is 8.68. The normalized spacial score (nSPS) is 16.7. The minimum atomic E-state index is -0.441. The van der Waals surface area contributed by atoms with Crippen LogP contribution in [0.2, 0.25) is 0 Å². The van der Waals surface area contributed by atoms with E-state index in [1.165, 1.54) is 29.0 Å². The van der Waals surface area contributed by atoms with Gasteiger partial charge in [0.25, 0.3) is 17.2 Å². The van der Waals surface area contributed by atoms with Crippen LogP contribution in [-0.2, 0) is 19.4 Å².